The molecule has 0 fully saturated rings. The molecule has 0 heterocycles. The van der Waals surface area contributed by atoms with Gasteiger partial charge in [0.15, 0.2) is 0 Å². The summed E-state index contributed by atoms with van der Waals surface area (Å²) in [7, 11) is 0. The fraction of sp³-hybridized carbons (Fsp3) is 0.818. The molecule has 0 saturated carbocycles. The fourth-order valence-corrected chi connectivity index (χ4v) is 3.15. The Balaban J connectivity index is -0.00000102. The van der Waals surface area contributed by atoms with E-state index in [1.165, 1.54) is 0 Å². The van der Waals surface area contributed by atoms with Crippen LogP contribution in [0.3, 0.4) is 0 Å². The second-order valence-corrected chi connectivity index (χ2v) is 8.08. The molecular weight excluding hydrogens is 1540 g/mol. The molecule has 4 amide bonds. The van der Waals surface area contributed by atoms with E-state index in [0.717, 1.165) is 0 Å². The first-order valence-electron chi connectivity index (χ1n) is 12.5. The summed E-state index contributed by atoms with van der Waals surface area (Å²) in [6.07, 6.45) is 0.887. The van der Waals surface area contributed by atoms with Crippen molar-refractivity contribution >= 4 is 23.6 Å². The number of hydrogen-bond acceptors (Lipinski definition) is 6. The first kappa shape index (κ1) is 43.7. The van der Waals surface area contributed by atoms with E-state index in [4.69, 9.17) is 22.9 Å². The van der Waals surface area contributed by atoms with Crippen molar-refractivity contribution in [2.24, 2.45) is 0 Å². The van der Waals surface area contributed by atoms with Crippen LogP contribution in [-0.2, 0) is 19.2 Å². The molecular formula is C22H44N10O4Rf4-4. The van der Waals surface area contributed by atoms with E-state index in [2.05, 4.69) is 21.3 Å². The molecule has 0 aliphatic carbocycles. The minimum Gasteiger partial charge on any atom is -0.676 e. The molecule has 0 atom stereocenters. The van der Waals surface area contributed by atoms with Crippen LogP contribution in [0.4, 0.5) is 0 Å². The quantitative estimate of drug-likeness (QED) is 0.109. The summed E-state index contributed by atoms with van der Waals surface area (Å²) in [5.74, 6) is -0.667. The Bertz CT molecular complexity index is 542. The average molecular weight is 1580 g/mol. The zero-order chi connectivity index (χ0) is 27.0. The van der Waals surface area contributed by atoms with Crippen LogP contribution in [0.1, 0.15) is 25.7 Å². The van der Waals surface area contributed by atoms with Gasteiger partial charge in [-0.3, -0.25) is 19.2 Å². The van der Waals surface area contributed by atoms with Gasteiger partial charge < -0.3 is 54.0 Å². The monoisotopic (exact) mass is 1580 g/mol. The molecule has 0 aromatic carbocycles. The van der Waals surface area contributed by atoms with E-state index in [1.54, 1.807) is 0 Å². The first-order valence-corrected chi connectivity index (χ1v) is 12.5. The maximum atomic E-state index is 12.0. The third-order valence-electron chi connectivity index (χ3n) is 5.14. The number of nitrogens with one attached hydrogen (secondary N) is 8. The van der Waals surface area contributed by atoms with E-state index in [-0.39, 0.29) is 102 Å². The zero-order valence-corrected chi connectivity index (χ0v) is 49.7. The summed E-state index contributed by atoms with van der Waals surface area (Å²) in [6, 6.07) is 0. The molecule has 218 valence electrons. The van der Waals surface area contributed by atoms with Gasteiger partial charge in [0.05, 0.1) is 0 Å². The average Bonchev–Trinajstić information content (AvgIpc) is 2.88. The summed E-state index contributed by atoms with van der Waals surface area (Å²) < 4.78 is 0. The third kappa shape index (κ3) is 24.8. The van der Waals surface area contributed by atoms with Crippen molar-refractivity contribution in [3.63, 3.8) is 0 Å². The van der Waals surface area contributed by atoms with E-state index in [1.807, 2.05) is 9.80 Å². The molecule has 0 spiro atoms. The van der Waals surface area contributed by atoms with Crippen LogP contribution < -0.4 is 21.3 Å². The van der Waals surface area contributed by atoms with Crippen LogP contribution in [0.2, 0.25) is 0 Å². The summed E-state index contributed by atoms with van der Waals surface area (Å²) in [5.41, 5.74) is 28.6. The van der Waals surface area contributed by atoms with E-state index in [0.29, 0.717) is 39.3 Å². The van der Waals surface area contributed by atoms with Crippen molar-refractivity contribution in [3.8, 4) is 0 Å². The van der Waals surface area contributed by atoms with Crippen molar-refractivity contribution in [1.29, 1.82) is 0 Å². The van der Waals surface area contributed by atoms with Gasteiger partial charge in [0.25, 0.3) is 0 Å². The minimum atomic E-state index is -0.167. The summed E-state index contributed by atoms with van der Waals surface area (Å²) in [4.78, 5) is 52.0. The minimum absolute atomic E-state index is 0. The molecule has 0 aliphatic rings. The fourth-order valence-electron chi connectivity index (χ4n) is 3.15. The molecule has 0 unspecified atom stereocenters. The van der Waals surface area contributed by atoms with Gasteiger partial charge in [-0.2, -0.15) is 0 Å². The van der Waals surface area contributed by atoms with Gasteiger partial charge in [0, 0.05) is 65.0 Å². The Labute approximate surface area is 214 Å². The van der Waals surface area contributed by atoms with Gasteiger partial charge >= 0.3 is 0 Å². The number of nitrogens with zero attached hydrogens (tertiary/aromatic N) is 2. The van der Waals surface area contributed by atoms with Gasteiger partial charge in [-0.25, -0.2) is 0 Å². The molecule has 0 rings (SSSR count). The molecule has 40 heavy (non-hydrogen) atoms. The van der Waals surface area contributed by atoms with Crippen LogP contribution >= 0.6 is 0 Å². The molecule has 18 heteroatoms. The second kappa shape index (κ2) is 28.9. The Morgan fingerprint density at radius 2 is 0.600 bits per heavy atom. The van der Waals surface area contributed by atoms with E-state index < -0.39 is 0 Å². The van der Waals surface area contributed by atoms with Gasteiger partial charge in [-0.15, -0.1) is 26.2 Å². The second-order valence-electron chi connectivity index (χ2n) is 8.08. The molecule has 0 saturated heterocycles. The van der Waals surface area contributed by atoms with Crippen molar-refractivity contribution < 1.29 is 19.2 Å². The summed E-state index contributed by atoms with van der Waals surface area (Å²) in [6.45, 7) is 4.23. The van der Waals surface area contributed by atoms with E-state index in [9.17, 15) is 19.2 Å². The normalized spacial score (nSPS) is 9.85. The Morgan fingerprint density at radius 1 is 0.400 bits per heavy atom. The van der Waals surface area contributed by atoms with Crippen molar-refractivity contribution in [3.05, 3.63) is 22.9 Å². The molecule has 0 aliphatic heterocycles. The standard InChI is InChI=1S/C22H44N10O4.4Rf/c23-5-9-27-19(33)1-13-31(14-2-20(34)28-10-6-24)17-18-32(15-3-21(35)29-11-7-25)16-4-22(36)30-12-8-26;;;;/h23-26H,1-18H2,(H,27,33)(H,28,34)(H,29,35)(H,30,36);;;;/q-4;;;;. The summed E-state index contributed by atoms with van der Waals surface area (Å²) >= 11 is 0. The van der Waals surface area contributed by atoms with Crippen LogP contribution in [0.25, 0.3) is 22.9 Å². The number of amides is 4. The molecule has 0 bridgehead atoms. The zero-order valence-electron chi connectivity index (χ0n) is 24.1. The molecule has 0 aromatic rings. The molecule has 0 radical (unpaired) electrons. The third-order valence-corrected chi connectivity index (χ3v) is 5.14. The maximum absolute atomic E-state index is 12.0. The Hall–Kier alpha value is -6.36. The predicted molar refractivity (Wildman–Crippen MR) is 140 cm³/mol. The first-order chi connectivity index (χ1) is 17.4. The van der Waals surface area contributed by atoms with Gasteiger partial charge in [-0.05, 0) is 26.2 Å². The van der Waals surface area contributed by atoms with Gasteiger partial charge in [0.2, 0.25) is 23.6 Å². The summed E-state index contributed by atoms with van der Waals surface area (Å²) in [5, 5.41) is 10.7. The van der Waals surface area contributed by atoms with Crippen molar-refractivity contribution in [1.82, 2.24) is 31.1 Å². The van der Waals surface area contributed by atoms with Crippen molar-refractivity contribution in [2.45, 2.75) is 25.7 Å². The largest absolute Gasteiger partial charge is 0.676 e. The van der Waals surface area contributed by atoms with Crippen LogP contribution in [0.5, 0.6) is 0 Å². The smallest absolute Gasteiger partial charge is 0.221 e. The van der Waals surface area contributed by atoms with Crippen LogP contribution in [0, 0.1) is 0 Å². The van der Waals surface area contributed by atoms with E-state index >= 15 is 0 Å². The predicted octanol–water partition coefficient (Wildman–Crippen LogP) is -0.176. The number of carbonyl (C=O) groups excluding carboxylic acids is 4. The van der Waals surface area contributed by atoms with Crippen LogP contribution in [-0.4, -0.2) is 125 Å². The van der Waals surface area contributed by atoms with Crippen LogP contribution in [0.15, 0.2) is 0 Å². The van der Waals surface area contributed by atoms with Gasteiger partial charge in [-0.1, -0.05) is 0 Å². The molecule has 0 aromatic heterocycles. The molecule has 8 N–H and O–H groups in total. The SMILES string of the molecule is [NH-]CCNC(=O)CCN(CCC(=O)NCC[NH-])CCN(CCC(=O)NCC[NH-])CCC(=O)NCC[NH-].[Rf].[Rf].[Rf].[Rf]. The molecule has 14 nitrogen and oxygen atoms in total. The van der Waals surface area contributed by atoms with Gasteiger partial charge in [0.1, 0.15) is 0 Å². The number of rotatable bonds is 23. The maximum Gasteiger partial charge on any atom is 0.221 e. The Morgan fingerprint density at radius 3 is 0.775 bits per heavy atom. The number of hydrogen-bond donors (Lipinski definition) is 4. The Kier molecular flexibility index (Phi) is 31.5. The number of carbonyl (C=O) groups is 4. The topological polar surface area (TPSA) is 218 Å². The van der Waals surface area contributed by atoms with Crippen molar-refractivity contribution in [2.75, 3.05) is 91.6 Å².